The molecule has 0 bridgehead atoms. The zero-order chi connectivity index (χ0) is 14.5. The first-order valence-electron chi connectivity index (χ1n) is 6.25. The topological polar surface area (TPSA) is 55.3 Å². The Morgan fingerprint density at radius 3 is 3.15 bits per heavy atom. The van der Waals surface area contributed by atoms with Gasteiger partial charge in [0, 0.05) is 23.6 Å². The number of hydrogen-bond donors (Lipinski definition) is 1. The number of aryl methyl sites for hydroxylation is 1. The summed E-state index contributed by atoms with van der Waals surface area (Å²) in [5, 5.41) is 9.22. The lowest BCUT2D eigenvalue weighted by Crippen LogP contribution is -2.37. The number of thioether (sulfide) groups is 1. The van der Waals surface area contributed by atoms with Crippen LogP contribution < -0.4 is 0 Å². The molecule has 5 nitrogen and oxygen atoms in total. The van der Waals surface area contributed by atoms with Crippen LogP contribution >= 0.6 is 35.7 Å². The van der Waals surface area contributed by atoms with Crippen LogP contribution in [0.4, 0.5) is 4.79 Å². The second kappa shape index (κ2) is 7.33. The van der Waals surface area contributed by atoms with Crippen LogP contribution in [-0.4, -0.2) is 51.4 Å². The van der Waals surface area contributed by atoms with E-state index in [9.17, 15) is 4.79 Å². The lowest BCUT2D eigenvalue weighted by Gasteiger charge is -2.22. The lowest BCUT2D eigenvalue weighted by atomic mass is 10.2. The number of hydrogen-bond acceptors (Lipinski definition) is 7. The van der Waals surface area contributed by atoms with Gasteiger partial charge in [-0.3, -0.25) is 0 Å². The summed E-state index contributed by atoms with van der Waals surface area (Å²) in [4.78, 5) is 13.7. The highest BCUT2D eigenvalue weighted by Gasteiger charge is 2.34. The fourth-order valence-electron chi connectivity index (χ4n) is 1.99. The molecule has 2 heterocycles. The quantitative estimate of drug-likeness (QED) is 0.511. The summed E-state index contributed by atoms with van der Waals surface area (Å²) in [6, 6.07) is 0.129. The molecule has 8 heteroatoms. The van der Waals surface area contributed by atoms with Crippen LogP contribution in [-0.2, 0) is 4.74 Å². The molecular weight excluding hydrogens is 314 g/mol. The van der Waals surface area contributed by atoms with Crippen LogP contribution in [0.5, 0.6) is 0 Å². The maximum Gasteiger partial charge on any atom is 0.410 e. The molecule has 0 unspecified atom stereocenters. The van der Waals surface area contributed by atoms with Crippen molar-refractivity contribution in [1.29, 1.82) is 0 Å². The summed E-state index contributed by atoms with van der Waals surface area (Å²) in [5.41, 5.74) is 0. The first-order valence-corrected chi connectivity index (χ1v) is 8.57. The molecule has 1 aromatic rings. The highest BCUT2D eigenvalue weighted by Crippen LogP contribution is 2.29. The third kappa shape index (κ3) is 4.13. The molecule has 110 valence electrons. The smallest absolute Gasteiger partial charge is 0.410 e. The molecule has 2 atom stereocenters. The van der Waals surface area contributed by atoms with Crippen LogP contribution in [0, 0.1) is 6.92 Å². The maximum absolute atomic E-state index is 12.0. The van der Waals surface area contributed by atoms with Crippen molar-refractivity contribution in [1.82, 2.24) is 15.1 Å². The molecular formula is C12H17N3O2S3. The van der Waals surface area contributed by atoms with Crippen molar-refractivity contribution in [2.24, 2.45) is 0 Å². The molecule has 1 aliphatic heterocycles. The Morgan fingerprint density at radius 1 is 1.70 bits per heavy atom. The minimum atomic E-state index is -0.291. The average molecular weight is 331 g/mol. The fraction of sp³-hybridized carbons (Fsp3) is 0.583. The van der Waals surface area contributed by atoms with Gasteiger partial charge in [0.15, 0.2) is 4.34 Å². The van der Waals surface area contributed by atoms with Crippen molar-refractivity contribution in [2.45, 2.75) is 29.0 Å². The number of carbonyl (C=O) groups is 1. The Hall–Kier alpha value is -0.730. The Morgan fingerprint density at radius 2 is 2.50 bits per heavy atom. The average Bonchev–Trinajstić information content (AvgIpc) is 2.99. The zero-order valence-corrected chi connectivity index (χ0v) is 13.7. The first-order chi connectivity index (χ1) is 9.60. The maximum atomic E-state index is 12.0. The molecule has 0 spiro atoms. The Labute approximate surface area is 132 Å². The highest BCUT2D eigenvalue weighted by molar-refractivity contribution is 8.01. The van der Waals surface area contributed by atoms with Gasteiger partial charge in [-0.25, -0.2) is 4.79 Å². The van der Waals surface area contributed by atoms with E-state index in [4.69, 9.17) is 4.74 Å². The lowest BCUT2D eigenvalue weighted by molar-refractivity contribution is 0.111. The molecule has 2 rings (SSSR count). The highest BCUT2D eigenvalue weighted by atomic mass is 32.2. The number of likely N-dealkylation sites (tertiary alicyclic amines) is 1. The van der Waals surface area contributed by atoms with Crippen LogP contribution in [0.1, 0.15) is 11.4 Å². The van der Waals surface area contributed by atoms with Gasteiger partial charge in [-0.05, 0) is 13.3 Å². The first kappa shape index (κ1) is 15.7. The fourth-order valence-corrected chi connectivity index (χ4v) is 4.38. The van der Waals surface area contributed by atoms with E-state index in [0.717, 1.165) is 21.5 Å². The molecule has 0 aliphatic carbocycles. The Balaban J connectivity index is 1.90. The van der Waals surface area contributed by atoms with Gasteiger partial charge in [0.2, 0.25) is 0 Å². The number of ether oxygens (including phenoxy) is 1. The van der Waals surface area contributed by atoms with Crippen LogP contribution in [0.2, 0.25) is 0 Å². The summed E-state index contributed by atoms with van der Waals surface area (Å²) >= 11 is 7.67. The summed E-state index contributed by atoms with van der Waals surface area (Å²) in [6.07, 6.45) is 2.15. The number of rotatable bonds is 5. The van der Waals surface area contributed by atoms with Gasteiger partial charge in [0.1, 0.15) is 11.6 Å². The molecule has 1 aliphatic rings. The Kier molecular flexibility index (Phi) is 5.74. The van der Waals surface area contributed by atoms with Gasteiger partial charge < -0.3 is 9.64 Å². The summed E-state index contributed by atoms with van der Waals surface area (Å²) in [7, 11) is 0. The minimum absolute atomic E-state index is 0.129. The van der Waals surface area contributed by atoms with Crippen LogP contribution in [0.3, 0.4) is 0 Å². The van der Waals surface area contributed by atoms with E-state index in [1.54, 1.807) is 34.1 Å². The van der Waals surface area contributed by atoms with E-state index in [-0.39, 0.29) is 24.0 Å². The summed E-state index contributed by atoms with van der Waals surface area (Å²) in [5.74, 6) is 0.787. The summed E-state index contributed by atoms with van der Waals surface area (Å²) in [6.45, 7) is 6.34. The van der Waals surface area contributed by atoms with Crippen molar-refractivity contribution < 1.29 is 9.53 Å². The number of nitrogens with zero attached hydrogens (tertiary/aromatic N) is 3. The predicted octanol–water partition coefficient (Wildman–Crippen LogP) is 2.63. The van der Waals surface area contributed by atoms with E-state index in [1.807, 2.05) is 6.92 Å². The summed E-state index contributed by atoms with van der Waals surface area (Å²) < 4.78 is 6.04. The monoisotopic (exact) mass is 331 g/mol. The molecule has 1 aromatic heterocycles. The van der Waals surface area contributed by atoms with Crippen LogP contribution in [0.25, 0.3) is 0 Å². The van der Waals surface area contributed by atoms with Crippen molar-refractivity contribution >= 4 is 41.8 Å². The van der Waals surface area contributed by atoms with Gasteiger partial charge in [0.05, 0.1) is 0 Å². The third-order valence-corrected chi connectivity index (χ3v) is 5.35. The molecule has 0 N–H and O–H groups in total. The van der Waals surface area contributed by atoms with Gasteiger partial charge >= 0.3 is 6.09 Å². The largest absolute Gasteiger partial charge is 0.445 e. The van der Waals surface area contributed by atoms with Crippen molar-refractivity contribution in [2.75, 3.05) is 18.9 Å². The number of thiol groups is 1. The molecule has 20 heavy (non-hydrogen) atoms. The van der Waals surface area contributed by atoms with E-state index in [1.165, 1.54) is 0 Å². The van der Waals surface area contributed by atoms with Crippen molar-refractivity contribution in [3.05, 3.63) is 17.7 Å². The molecule has 0 saturated carbocycles. The Bertz CT molecular complexity index is 480. The van der Waals surface area contributed by atoms with E-state index in [0.29, 0.717) is 6.54 Å². The number of amides is 1. The van der Waals surface area contributed by atoms with E-state index in [2.05, 4.69) is 29.4 Å². The second-order valence-corrected chi connectivity index (χ2v) is 7.64. The van der Waals surface area contributed by atoms with E-state index >= 15 is 0 Å². The zero-order valence-electron chi connectivity index (χ0n) is 11.2. The molecule has 1 fully saturated rings. The molecule has 0 aromatic carbocycles. The molecule has 0 radical (unpaired) electrons. The van der Waals surface area contributed by atoms with Crippen molar-refractivity contribution in [3.8, 4) is 0 Å². The molecule has 1 amide bonds. The van der Waals surface area contributed by atoms with Gasteiger partial charge in [-0.2, -0.15) is 12.6 Å². The van der Waals surface area contributed by atoms with Gasteiger partial charge in [-0.1, -0.05) is 35.8 Å². The normalized spacial score (nSPS) is 22.0. The SMILES string of the molecule is C=CCOC(=O)N1C[C@@H](S)C[C@H]1CSc1nnc(C)s1. The minimum Gasteiger partial charge on any atom is -0.445 e. The van der Waals surface area contributed by atoms with Gasteiger partial charge in [0.25, 0.3) is 0 Å². The standard InChI is InChI=1S/C12H17N3O2S3/c1-3-4-17-12(16)15-6-10(18)5-9(15)7-19-11-14-13-8(2)20-11/h3,9-10,18H,1,4-7H2,2H3/t9-,10-/m0/s1. The van der Waals surface area contributed by atoms with Crippen LogP contribution in [0.15, 0.2) is 17.0 Å². The van der Waals surface area contributed by atoms with E-state index < -0.39 is 0 Å². The van der Waals surface area contributed by atoms with Gasteiger partial charge in [-0.15, -0.1) is 10.2 Å². The number of aromatic nitrogens is 2. The van der Waals surface area contributed by atoms with Crippen molar-refractivity contribution in [3.63, 3.8) is 0 Å². The second-order valence-electron chi connectivity index (χ2n) is 4.46. The number of carbonyl (C=O) groups excluding carboxylic acids is 1. The third-order valence-electron chi connectivity index (χ3n) is 2.86. The molecule has 1 saturated heterocycles. The predicted molar refractivity (Wildman–Crippen MR) is 84.8 cm³/mol.